The third-order valence-corrected chi connectivity index (χ3v) is 5.85. The number of hydrogen-bond donors (Lipinski definition) is 1. The standard InChI is InChI=1S/C21H18Cl2N2O4S/c1-28-21-11-15(13-24-25-30(26,27)18-5-3-2-4-6-18)7-10-20(21)29-14-16-8-9-17(22)12-19(16)23/h2-13,25H,14H2,1H3. The number of methoxy groups -OCH3 is 1. The van der Waals surface area contributed by atoms with Crippen LogP contribution in [0.4, 0.5) is 0 Å². The molecule has 0 unspecified atom stereocenters. The molecule has 0 amide bonds. The molecule has 9 heteroatoms. The largest absolute Gasteiger partial charge is 0.493 e. The summed E-state index contributed by atoms with van der Waals surface area (Å²) in [5.41, 5.74) is 1.41. The van der Waals surface area contributed by atoms with Gasteiger partial charge in [0.25, 0.3) is 10.0 Å². The molecule has 0 saturated heterocycles. The van der Waals surface area contributed by atoms with Gasteiger partial charge in [-0.3, -0.25) is 0 Å². The van der Waals surface area contributed by atoms with Gasteiger partial charge in [0.1, 0.15) is 6.61 Å². The molecule has 0 fully saturated rings. The molecule has 0 bridgehead atoms. The van der Waals surface area contributed by atoms with Gasteiger partial charge in [-0.05, 0) is 48.0 Å². The van der Waals surface area contributed by atoms with Gasteiger partial charge in [-0.15, -0.1) is 0 Å². The molecule has 3 aromatic rings. The second-order valence-electron chi connectivity index (χ2n) is 6.10. The summed E-state index contributed by atoms with van der Waals surface area (Å²) in [7, 11) is -2.22. The third kappa shape index (κ3) is 5.66. The van der Waals surface area contributed by atoms with Crippen molar-refractivity contribution < 1.29 is 17.9 Å². The van der Waals surface area contributed by atoms with Crippen molar-refractivity contribution in [2.45, 2.75) is 11.5 Å². The first-order valence-corrected chi connectivity index (χ1v) is 11.0. The molecular formula is C21H18Cl2N2O4S. The fourth-order valence-corrected chi connectivity index (χ4v) is 3.78. The molecule has 0 atom stereocenters. The van der Waals surface area contributed by atoms with Crippen molar-refractivity contribution in [2.24, 2.45) is 5.10 Å². The molecule has 156 valence electrons. The van der Waals surface area contributed by atoms with Crippen molar-refractivity contribution in [3.05, 3.63) is 87.9 Å². The van der Waals surface area contributed by atoms with Crippen LogP contribution in [0, 0.1) is 0 Å². The van der Waals surface area contributed by atoms with E-state index in [-0.39, 0.29) is 11.5 Å². The fourth-order valence-electron chi connectivity index (χ4n) is 2.50. The highest BCUT2D eigenvalue weighted by atomic mass is 35.5. The van der Waals surface area contributed by atoms with Crippen molar-refractivity contribution in [2.75, 3.05) is 7.11 Å². The summed E-state index contributed by atoms with van der Waals surface area (Å²) >= 11 is 12.1. The monoisotopic (exact) mass is 464 g/mol. The average molecular weight is 465 g/mol. The van der Waals surface area contributed by atoms with Gasteiger partial charge in [-0.25, -0.2) is 4.83 Å². The van der Waals surface area contributed by atoms with Crippen LogP contribution in [0.5, 0.6) is 11.5 Å². The Morgan fingerprint density at radius 3 is 2.47 bits per heavy atom. The second kappa shape index (κ2) is 9.84. The smallest absolute Gasteiger partial charge is 0.276 e. The Bertz CT molecular complexity index is 1150. The van der Waals surface area contributed by atoms with E-state index in [2.05, 4.69) is 9.93 Å². The molecule has 0 radical (unpaired) electrons. The number of sulfonamides is 1. The first kappa shape index (κ1) is 22.0. The van der Waals surface area contributed by atoms with Crippen LogP contribution in [0.25, 0.3) is 0 Å². The molecule has 0 aliphatic carbocycles. The maximum atomic E-state index is 12.2. The van der Waals surface area contributed by atoms with Crippen molar-refractivity contribution in [3.8, 4) is 11.5 Å². The highest BCUT2D eigenvalue weighted by molar-refractivity contribution is 7.89. The van der Waals surface area contributed by atoms with Crippen LogP contribution in [0.15, 0.2) is 76.7 Å². The summed E-state index contributed by atoms with van der Waals surface area (Å²) in [6, 6.07) is 18.3. The second-order valence-corrected chi connectivity index (χ2v) is 8.61. The Kier molecular flexibility index (Phi) is 7.20. The summed E-state index contributed by atoms with van der Waals surface area (Å²) in [6.45, 7) is 0.233. The fraction of sp³-hybridized carbons (Fsp3) is 0.0952. The van der Waals surface area contributed by atoms with E-state index in [1.807, 2.05) is 0 Å². The van der Waals surface area contributed by atoms with Crippen LogP contribution in [0.1, 0.15) is 11.1 Å². The van der Waals surface area contributed by atoms with Crippen LogP contribution >= 0.6 is 23.2 Å². The van der Waals surface area contributed by atoms with E-state index in [0.717, 1.165) is 5.56 Å². The molecule has 0 spiro atoms. The topological polar surface area (TPSA) is 77.0 Å². The van der Waals surface area contributed by atoms with Crippen molar-refractivity contribution in [1.82, 2.24) is 4.83 Å². The summed E-state index contributed by atoms with van der Waals surface area (Å²) in [4.78, 5) is 2.31. The molecule has 6 nitrogen and oxygen atoms in total. The number of halogens is 2. The van der Waals surface area contributed by atoms with E-state index < -0.39 is 10.0 Å². The van der Waals surface area contributed by atoms with Crippen molar-refractivity contribution in [1.29, 1.82) is 0 Å². The van der Waals surface area contributed by atoms with Crippen LogP contribution < -0.4 is 14.3 Å². The van der Waals surface area contributed by atoms with Crippen LogP contribution in [-0.2, 0) is 16.6 Å². The van der Waals surface area contributed by atoms with Crippen molar-refractivity contribution >= 4 is 39.4 Å². The van der Waals surface area contributed by atoms with Gasteiger partial charge < -0.3 is 9.47 Å². The molecule has 0 saturated carbocycles. The number of rotatable bonds is 8. The third-order valence-electron chi connectivity index (χ3n) is 4.03. The number of nitrogens with one attached hydrogen (secondary N) is 1. The summed E-state index contributed by atoms with van der Waals surface area (Å²) in [6.07, 6.45) is 1.38. The van der Waals surface area contributed by atoms with E-state index in [9.17, 15) is 8.42 Å². The Balaban J connectivity index is 1.68. The highest BCUT2D eigenvalue weighted by Gasteiger charge is 2.11. The number of nitrogens with zero attached hydrogens (tertiary/aromatic N) is 1. The van der Waals surface area contributed by atoms with Gasteiger partial charge in [0.15, 0.2) is 11.5 Å². The lowest BCUT2D eigenvalue weighted by Gasteiger charge is -2.12. The van der Waals surface area contributed by atoms with E-state index in [1.54, 1.807) is 54.6 Å². The zero-order valence-electron chi connectivity index (χ0n) is 15.9. The maximum absolute atomic E-state index is 12.2. The van der Waals surface area contributed by atoms with Gasteiger partial charge in [0, 0.05) is 15.6 Å². The zero-order valence-corrected chi connectivity index (χ0v) is 18.2. The maximum Gasteiger partial charge on any atom is 0.276 e. The molecule has 0 aliphatic heterocycles. The lowest BCUT2D eigenvalue weighted by Crippen LogP contribution is -2.18. The minimum absolute atomic E-state index is 0.129. The summed E-state index contributed by atoms with van der Waals surface area (Å²) in [5.74, 6) is 0.973. The van der Waals surface area contributed by atoms with Gasteiger partial charge in [0.05, 0.1) is 18.2 Å². The molecule has 0 heterocycles. The predicted molar refractivity (Wildman–Crippen MR) is 118 cm³/mol. The minimum atomic E-state index is -3.73. The van der Waals surface area contributed by atoms with Crippen molar-refractivity contribution in [3.63, 3.8) is 0 Å². The first-order chi connectivity index (χ1) is 14.4. The Labute approximate surface area is 185 Å². The van der Waals surface area contributed by atoms with Gasteiger partial charge in [0.2, 0.25) is 0 Å². The molecule has 3 rings (SSSR count). The van der Waals surface area contributed by atoms with E-state index in [4.69, 9.17) is 32.7 Å². The Morgan fingerprint density at radius 2 is 1.77 bits per heavy atom. The zero-order chi connectivity index (χ0) is 21.6. The van der Waals surface area contributed by atoms with Gasteiger partial charge >= 0.3 is 0 Å². The number of hydrogen-bond acceptors (Lipinski definition) is 5. The van der Waals surface area contributed by atoms with Crippen LogP contribution in [-0.4, -0.2) is 21.7 Å². The van der Waals surface area contributed by atoms with Crippen LogP contribution in [0.3, 0.4) is 0 Å². The minimum Gasteiger partial charge on any atom is -0.493 e. The normalized spacial score (nSPS) is 11.4. The highest BCUT2D eigenvalue weighted by Crippen LogP contribution is 2.29. The quantitative estimate of drug-likeness (QED) is 0.380. The number of hydrazone groups is 1. The molecule has 0 aliphatic rings. The lowest BCUT2D eigenvalue weighted by molar-refractivity contribution is 0.284. The van der Waals surface area contributed by atoms with Crippen LogP contribution in [0.2, 0.25) is 10.0 Å². The molecular weight excluding hydrogens is 447 g/mol. The molecule has 30 heavy (non-hydrogen) atoms. The van der Waals surface area contributed by atoms with E-state index in [1.165, 1.54) is 25.5 Å². The number of ether oxygens (including phenoxy) is 2. The molecule has 0 aromatic heterocycles. The Morgan fingerprint density at radius 1 is 1.00 bits per heavy atom. The first-order valence-electron chi connectivity index (χ1n) is 8.74. The SMILES string of the molecule is COc1cc(C=NNS(=O)(=O)c2ccccc2)ccc1OCc1ccc(Cl)cc1Cl. The lowest BCUT2D eigenvalue weighted by atomic mass is 10.2. The molecule has 1 N–H and O–H groups in total. The summed E-state index contributed by atoms with van der Waals surface area (Å²) in [5, 5.41) is 4.88. The average Bonchev–Trinajstić information content (AvgIpc) is 2.74. The molecule has 3 aromatic carbocycles. The Hall–Kier alpha value is -2.74. The predicted octanol–water partition coefficient (Wildman–Crippen LogP) is 4.89. The number of benzene rings is 3. The van der Waals surface area contributed by atoms with E-state index in [0.29, 0.717) is 27.1 Å². The van der Waals surface area contributed by atoms with E-state index >= 15 is 0 Å². The summed E-state index contributed by atoms with van der Waals surface area (Å²) < 4.78 is 35.5. The van der Waals surface area contributed by atoms with Gasteiger partial charge in [-0.2, -0.15) is 13.5 Å². The van der Waals surface area contributed by atoms with Gasteiger partial charge in [-0.1, -0.05) is 47.5 Å².